The van der Waals surface area contributed by atoms with Crippen LogP contribution in [-0.4, -0.2) is 41.0 Å². The van der Waals surface area contributed by atoms with Crippen LogP contribution in [0, 0.1) is 11.8 Å². The number of hydrogen-bond acceptors (Lipinski definition) is 3. The SMILES string of the molecule is CC(C(N)=O)N1C[C@@H](C)[C@H](C(=O)O)C1. The summed E-state index contributed by atoms with van der Waals surface area (Å²) in [4.78, 5) is 23.5. The van der Waals surface area contributed by atoms with Crippen LogP contribution in [0.15, 0.2) is 0 Å². The minimum atomic E-state index is -0.795. The van der Waals surface area contributed by atoms with Crippen LogP contribution >= 0.6 is 0 Å². The Hall–Kier alpha value is -1.10. The van der Waals surface area contributed by atoms with Gasteiger partial charge in [-0.05, 0) is 12.8 Å². The molecule has 5 heteroatoms. The molecule has 3 atom stereocenters. The van der Waals surface area contributed by atoms with Gasteiger partial charge in [0.15, 0.2) is 0 Å². The smallest absolute Gasteiger partial charge is 0.308 e. The standard InChI is InChI=1S/C9H16N2O3/c1-5-3-11(6(2)8(10)12)4-7(5)9(13)14/h5-7H,3-4H2,1-2H3,(H2,10,12)(H,13,14)/t5-,6?,7-/m1/s1. The van der Waals surface area contributed by atoms with Crippen LogP contribution in [-0.2, 0) is 9.59 Å². The zero-order valence-corrected chi connectivity index (χ0v) is 8.43. The first-order valence-corrected chi connectivity index (χ1v) is 4.69. The van der Waals surface area contributed by atoms with Crippen molar-refractivity contribution in [2.45, 2.75) is 19.9 Å². The number of primary amides is 1. The predicted octanol–water partition coefficient (Wildman–Crippen LogP) is -0.487. The molecule has 0 bridgehead atoms. The van der Waals surface area contributed by atoms with Gasteiger partial charge in [-0.15, -0.1) is 0 Å². The number of carboxylic acids is 1. The van der Waals surface area contributed by atoms with Gasteiger partial charge in [0.25, 0.3) is 0 Å². The third-order valence-corrected chi connectivity index (χ3v) is 2.92. The molecule has 14 heavy (non-hydrogen) atoms. The van der Waals surface area contributed by atoms with Gasteiger partial charge < -0.3 is 10.8 Å². The second-order valence-electron chi connectivity index (χ2n) is 3.95. The third kappa shape index (κ3) is 2.04. The van der Waals surface area contributed by atoms with Crippen molar-refractivity contribution in [3.05, 3.63) is 0 Å². The lowest BCUT2D eigenvalue weighted by Crippen LogP contribution is -2.41. The van der Waals surface area contributed by atoms with Crippen LogP contribution in [0.2, 0.25) is 0 Å². The molecule has 0 aromatic rings. The normalized spacial score (nSPS) is 30.1. The summed E-state index contributed by atoms with van der Waals surface area (Å²) in [7, 11) is 0. The maximum absolute atomic E-state index is 10.9. The Bertz CT molecular complexity index is 254. The van der Waals surface area contributed by atoms with Crippen molar-refractivity contribution < 1.29 is 14.7 Å². The van der Waals surface area contributed by atoms with Gasteiger partial charge in [-0.2, -0.15) is 0 Å². The van der Waals surface area contributed by atoms with E-state index in [1.165, 1.54) is 0 Å². The maximum atomic E-state index is 10.9. The second kappa shape index (κ2) is 3.96. The summed E-state index contributed by atoms with van der Waals surface area (Å²) >= 11 is 0. The summed E-state index contributed by atoms with van der Waals surface area (Å²) in [6.07, 6.45) is 0. The van der Waals surface area contributed by atoms with Gasteiger partial charge in [0.2, 0.25) is 5.91 Å². The molecule has 0 radical (unpaired) electrons. The third-order valence-electron chi connectivity index (χ3n) is 2.92. The number of aliphatic carboxylic acids is 1. The van der Waals surface area contributed by atoms with E-state index in [2.05, 4.69) is 0 Å². The minimum Gasteiger partial charge on any atom is -0.481 e. The van der Waals surface area contributed by atoms with E-state index in [1.807, 2.05) is 11.8 Å². The molecule has 1 unspecified atom stereocenters. The molecule has 5 nitrogen and oxygen atoms in total. The van der Waals surface area contributed by atoms with E-state index in [1.54, 1.807) is 6.92 Å². The van der Waals surface area contributed by atoms with Crippen LogP contribution in [0.1, 0.15) is 13.8 Å². The molecule has 0 saturated carbocycles. The molecule has 0 aliphatic carbocycles. The quantitative estimate of drug-likeness (QED) is 0.644. The number of nitrogens with zero attached hydrogens (tertiary/aromatic N) is 1. The second-order valence-corrected chi connectivity index (χ2v) is 3.95. The van der Waals surface area contributed by atoms with Gasteiger partial charge >= 0.3 is 5.97 Å². The van der Waals surface area contributed by atoms with E-state index in [9.17, 15) is 9.59 Å². The van der Waals surface area contributed by atoms with Crippen molar-refractivity contribution in [2.75, 3.05) is 13.1 Å². The number of carbonyl (C=O) groups excluding carboxylic acids is 1. The van der Waals surface area contributed by atoms with Gasteiger partial charge in [0.1, 0.15) is 0 Å². The van der Waals surface area contributed by atoms with E-state index in [-0.39, 0.29) is 17.9 Å². The van der Waals surface area contributed by atoms with Crippen molar-refractivity contribution in [3.63, 3.8) is 0 Å². The summed E-state index contributed by atoms with van der Waals surface area (Å²) in [6.45, 7) is 4.63. The Morgan fingerprint density at radius 2 is 2.07 bits per heavy atom. The molecule has 1 aliphatic rings. The molecular formula is C9H16N2O3. The minimum absolute atomic E-state index is 0.0781. The average molecular weight is 200 g/mol. The Morgan fingerprint density at radius 1 is 1.50 bits per heavy atom. The molecule has 1 aliphatic heterocycles. The summed E-state index contributed by atoms with van der Waals surface area (Å²) in [6, 6.07) is -0.373. The highest BCUT2D eigenvalue weighted by molar-refractivity contribution is 5.79. The van der Waals surface area contributed by atoms with Crippen molar-refractivity contribution >= 4 is 11.9 Å². The van der Waals surface area contributed by atoms with Crippen LogP contribution in [0.5, 0.6) is 0 Å². The molecule has 80 valence electrons. The highest BCUT2D eigenvalue weighted by Crippen LogP contribution is 2.24. The molecule has 0 spiro atoms. The van der Waals surface area contributed by atoms with Crippen molar-refractivity contribution in [3.8, 4) is 0 Å². The van der Waals surface area contributed by atoms with Crippen LogP contribution in [0.3, 0.4) is 0 Å². The van der Waals surface area contributed by atoms with E-state index in [4.69, 9.17) is 10.8 Å². The molecule has 1 amide bonds. The first-order valence-electron chi connectivity index (χ1n) is 4.69. The lowest BCUT2D eigenvalue weighted by Gasteiger charge is -2.20. The van der Waals surface area contributed by atoms with Crippen molar-refractivity contribution in [1.82, 2.24) is 4.90 Å². The molecule has 3 N–H and O–H groups in total. The summed E-state index contributed by atoms with van der Waals surface area (Å²) < 4.78 is 0. The largest absolute Gasteiger partial charge is 0.481 e. The lowest BCUT2D eigenvalue weighted by molar-refractivity contribution is -0.142. The first kappa shape index (κ1) is 11.0. The number of nitrogens with two attached hydrogens (primary N) is 1. The first-order chi connectivity index (χ1) is 6.43. The van der Waals surface area contributed by atoms with Gasteiger partial charge in [0.05, 0.1) is 12.0 Å². The van der Waals surface area contributed by atoms with Gasteiger partial charge in [-0.3, -0.25) is 14.5 Å². The Labute approximate surface area is 82.9 Å². The Kier molecular flexibility index (Phi) is 3.10. The highest BCUT2D eigenvalue weighted by Gasteiger charge is 2.37. The number of amides is 1. The molecule has 1 rings (SSSR count). The fourth-order valence-electron chi connectivity index (χ4n) is 1.82. The van der Waals surface area contributed by atoms with Crippen molar-refractivity contribution in [2.24, 2.45) is 17.6 Å². The zero-order chi connectivity index (χ0) is 10.9. The van der Waals surface area contributed by atoms with E-state index in [0.717, 1.165) is 0 Å². The fraction of sp³-hybridized carbons (Fsp3) is 0.778. The number of rotatable bonds is 3. The van der Waals surface area contributed by atoms with E-state index in [0.29, 0.717) is 13.1 Å². The van der Waals surface area contributed by atoms with Gasteiger partial charge in [-0.25, -0.2) is 0 Å². The topological polar surface area (TPSA) is 83.6 Å². The summed E-state index contributed by atoms with van der Waals surface area (Å²) in [5.41, 5.74) is 5.15. The van der Waals surface area contributed by atoms with Crippen LogP contribution in [0.25, 0.3) is 0 Å². The predicted molar refractivity (Wildman–Crippen MR) is 50.5 cm³/mol. The lowest BCUT2D eigenvalue weighted by atomic mass is 9.99. The van der Waals surface area contributed by atoms with Crippen molar-refractivity contribution in [1.29, 1.82) is 0 Å². The van der Waals surface area contributed by atoms with Gasteiger partial charge in [-0.1, -0.05) is 6.92 Å². The van der Waals surface area contributed by atoms with Crippen LogP contribution < -0.4 is 5.73 Å². The molecule has 0 aromatic heterocycles. The Morgan fingerprint density at radius 3 is 2.43 bits per heavy atom. The summed E-state index contributed by atoms with van der Waals surface area (Å²) in [5.74, 6) is -1.49. The molecule has 1 fully saturated rings. The monoisotopic (exact) mass is 200 g/mol. The zero-order valence-electron chi connectivity index (χ0n) is 8.43. The molecule has 1 saturated heterocycles. The molecule has 0 aromatic carbocycles. The summed E-state index contributed by atoms with van der Waals surface area (Å²) in [5, 5.41) is 8.88. The number of carboxylic acid groups (broad SMARTS) is 1. The average Bonchev–Trinajstić information content (AvgIpc) is 2.45. The number of likely N-dealkylation sites (tertiary alicyclic amines) is 1. The maximum Gasteiger partial charge on any atom is 0.308 e. The highest BCUT2D eigenvalue weighted by atomic mass is 16.4. The van der Waals surface area contributed by atoms with E-state index >= 15 is 0 Å². The molecule has 1 heterocycles. The number of carbonyl (C=O) groups is 2. The van der Waals surface area contributed by atoms with Gasteiger partial charge in [0, 0.05) is 13.1 Å². The Balaban J connectivity index is 2.63. The number of hydrogen-bond donors (Lipinski definition) is 2. The fourth-order valence-corrected chi connectivity index (χ4v) is 1.82. The van der Waals surface area contributed by atoms with Crippen LogP contribution in [0.4, 0.5) is 0 Å². The molecular weight excluding hydrogens is 184 g/mol. The van der Waals surface area contributed by atoms with E-state index < -0.39 is 11.9 Å².